The van der Waals surface area contributed by atoms with Gasteiger partial charge in [0, 0.05) is 31.2 Å². The summed E-state index contributed by atoms with van der Waals surface area (Å²) < 4.78 is 44.6. The van der Waals surface area contributed by atoms with E-state index in [0.29, 0.717) is 25.1 Å². The minimum atomic E-state index is -3.70. The quantitative estimate of drug-likeness (QED) is 0.706. The second-order valence-corrected chi connectivity index (χ2v) is 9.10. The normalized spacial score (nSPS) is 15.3. The lowest BCUT2D eigenvalue weighted by Crippen LogP contribution is -2.42. The van der Waals surface area contributed by atoms with Crippen LogP contribution >= 0.6 is 0 Å². The summed E-state index contributed by atoms with van der Waals surface area (Å²) in [7, 11) is -2.46. The monoisotopic (exact) mass is 449 g/mol. The Morgan fingerprint density at radius 1 is 1.06 bits per heavy atom. The van der Waals surface area contributed by atoms with E-state index in [4.69, 9.17) is 0 Å². The molecule has 0 spiro atoms. The molecule has 0 aromatic heterocycles. The Balaban J connectivity index is 1.53. The van der Waals surface area contributed by atoms with Crippen molar-refractivity contribution < 1.29 is 27.1 Å². The molecule has 1 fully saturated rings. The highest BCUT2D eigenvalue weighted by Gasteiger charge is 2.32. The molecule has 3 rings (SSSR count). The lowest BCUT2D eigenvalue weighted by Gasteiger charge is -2.30. The van der Waals surface area contributed by atoms with Gasteiger partial charge in [0.15, 0.2) is 0 Å². The zero-order valence-electron chi connectivity index (χ0n) is 17.0. The predicted octanol–water partition coefficient (Wildman–Crippen LogP) is 2.72. The largest absolute Gasteiger partial charge is 0.453 e. The Hall–Kier alpha value is -2.98. The Kier molecular flexibility index (Phi) is 7.24. The van der Waals surface area contributed by atoms with Crippen molar-refractivity contribution >= 4 is 27.7 Å². The number of carbonyl (C=O) groups is 2. The number of halogens is 1. The van der Waals surface area contributed by atoms with Crippen molar-refractivity contribution in [1.82, 2.24) is 9.62 Å². The Morgan fingerprint density at radius 2 is 1.68 bits per heavy atom. The van der Waals surface area contributed by atoms with E-state index in [-0.39, 0.29) is 35.6 Å². The summed E-state index contributed by atoms with van der Waals surface area (Å²) in [6.45, 7) is 0.766. The van der Waals surface area contributed by atoms with Gasteiger partial charge in [-0.15, -0.1) is 0 Å². The van der Waals surface area contributed by atoms with Crippen LogP contribution in [-0.2, 0) is 26.1 Å². The molecule has 0 saturated carbocycles. The molecule has 8 nitrogen and oxygen atoms in total. The third-order valence-electron chi connectivity index (χ3n) is 5.13. The summed E-state index contributed by atoms with van der Waals surface area (Å²) in [6, 6.07) is 11.7. The minimum absolute atomic E-state index is 0.113. The van der Waals surface area contributed by atoms with Gasteiger partial charge < -0.3 is 10.1 Å². The first-order valence-corrected chi connectivity index (χ1v) is 11.2. The van der Waals surface area contributed by atoms with Crippen LogP contribution in [0.1, 0.15) is 18.4 Å². The Morgan fingerprint density at radius 3 is 2.26 bits per heavy atom. The molecule has 31 heavy (non-hydrogen) atoms. The van der Waals surface area contributed by atoms with E-state index in [1.807, 2.05) is 0 Å². The van der Waals surface area contributed by atoms with Crippen LogP contribution < -0.4 is 10.6 Å². The number of amides is 2. The molecular formula is C21H24FN3O5S. The van der Waals surface area contributed by atoms with Crippen LogP contribution in [0.15, 0.2) is 53.4 Å². The molecule has 2 aromatic rings. The molecule has 2 amide bonds. The number of rotatable bonds is 6. The lowest BCUT2D eigenvalue weighted by atomic mass is 9.97. The Labute approximate surface area is 180 Å². The number of nitrogens with one attached hydrogen (secondary N) is 2. The van der Waals surface area contributed by atoms with Crippen molar-refractivity contribution in [2.75, 3.05) is 25.5 Å². The average molecular weight is 450 g/mol. The first kappa shape index (κ1) is 22.7. The van der Waals surface area contributed by atoms with Gasteiger partial charge in [0.25, 0.3) is 0 Å². The number of nitrogens with zero attached hydrogens (tertiary/aromatic N) is 1. The molecule has 0 unspecified atom stereocenters. The van der Waals surface area contributed by atoms with Crippen molar-refractivity contribution in [3.05, 3.63) is 59.9 Å². The van der Waals surface area contributed by atoms with Gasteiger partial charge >= 0.3 is 6.09 Å². The maximum atomic E-state index is 13.0. The van der Waals surface area contributed by atoms with E-state index in [9.17, 15) is 22.4 Å². The van der Waals surface area contributed by atoms with Gasteiger partial charge in [0.2, 0.25) is 15.9 Å². The van der Waals surface area contributed by atoms with Crippen molar-refractivity contribution in [2.24, 2.45) is 5.92 Å². The zero-order chi connectivity index (χ0) is 22.4. The van der Waals surface area contributed by atoms with Crippen LogP contribution in [-0.4, -0.2) is 44.9 Å². The SMILES string of the molecule is COC(=O)Nc1ccc(S(=O)(=O)N2CCC(C(=O)NCc3ccc(F)cc3)CC2)cc1. The van der Waals surface area contributed by atoms with Crippen LogP contribution in [0.4, 0.5) is 14.9 Å². The third-order valence-corrected chi connectivity index (χ3v) is 7.04. The molecule has 0 bridgehead atoms. The fourth-order valence-corrected chi connectivity index (χ4v) is 4.79. The number of hydrogen-bond acceptors (Lipinski definition) is 5. The molecule has 166 valence electrons. The van der Waals surface area contributed by atoms with Crippen molar-refractivity contribution in [2.45, 2.75) is 24.3 Å². The fraction of sp³-hybridized carbons (Fsp3) is 0.333. The number of anilines is 1. The van der Waals surface area contributed by atoms with Gasteiger partial charge in [0.1, 0.15) is 5.82 Å². The number of hydrogen-bond donors (Lipinski definition) is 2. The minimum Gasteiger partial charge on any atom is -0.453 e. The number of piperidine rings is 1. The van der Waals surface area contributed by atoms with E-state index in [1.165, 1.54) is 47.8 Å². The number of carbonyl (C=O) groups excluding carboxylic acids is 2. The van der Waals surface area contributed by atoms with E-state index >= 15 is 0 Å². The predicted molar refractivity (Wildman–Crippen MR) is 112 cm³/mol. The van der Waals surface area contributed by atoms with Crippen LogP contribution in [0, 0.1) is 11.7 Å². The molecular weight excluding hydrogens is 425 g/mol. The fourth-order valence-electron chi connectivity index (χ4n) is 3.32. The third kappa shape index (κ3) is 5.80. The zero-order valence-corrected chi connectivity index (χ0v) is 17.8. The topological polar surface area (TPSA) is 105 Å². The van der Waals surface area contributed by atoms with Crippen molar-refractivity contribution in [1.29, 1.82) is 0 Å². The summed E-state index contributed by atoms with van der Waals surface area (Å²) in [4.78, 5) is 23.8. The summed E-state index contributed by atoms with van der Waals surface area (Å²) in [5, 5.41) is 5.29. The molecule has 10 heteroatoms. The Bertz CT molecular complexity index is 1020. The van der Waals surface area contributed by atoms with Gasteiger partial charge in [-0.05, 0) is 54.8 Å². The first-order valence-electron chi connectivity index (χ1n) is 9.77. The highest BCUT2D eigenvalue weighted by Crippen LogP contribution is 2.25. The average Bonchev–Trinajstić information content (AvgIpc) is 2.79. The van der Waals surface area contributed by atoms with Crippen LogP contribution in [0.2, 0.25) is 0 Å². The molecule has 1 heterocycles. The van der Waals surface area contributed by atoms with Crippen molar-refractivity contribution in [3.63, 3.8) is 0 Å². The first-order chi connectivity index (χ1) is 14.8. The lowest BCUT2D eigenvalue weighted by molar-refractivity contribution is -0.126. The molecule has 1 aliphatic heterocycles. The second-order valence-electron chi connectivity index (χ2n) is 7.16. The standard InChI is InChI=1S/C21H24FN3O5S/c1-30-21(27)24-18-6-8-19(9-7-18)31(28,29)25-12-10-16(11-13-25)20(26)23-14-15-2-4-17(22)5-3-15/h2-9,16H,10-14H2,1H3,(H,23,26)(H,24,27). The van der Waals surface area contributed by atoms with E-state index in [2.05, 4.69) is 15.4 Å². The van der Waals surface area contributed by atoms with E-state index in [0.717, 1.165) is 5.56 Å². The van der Waals surface area contributed by atoms with Gasteiger partial charge in [-0.3, -0.25) is 10.1 Å². The van der Waals surface area contributed by atoms with Crippen LogP contribution in [0.25, 0.3) is 0 Å². The highest BCUT2D eigenvalue weighted by molar-refractivity contribution is 7.89. The highest BCUT2D eigenvalue weighted by atomic mass is 32.2. The molecule has 2 aromatic carbocycles. The summed E-state index contributed by atoms with van der Waals surface area (Å²) in [6.07, 6.45) is 0.183. The van der Waals surface area contributed by atoms with Crippen molar-refractivity contribution in [3.8, 4) is 0 Å². The maximum Gasteiger partial charge on any atom is 0.411 e. The summed E-state index contributed by atoms with van der Waals surface area (Å²) in [5.41, 5.74) is 1.21. The molecule has 0 aliphatic carbocycles. The van der Waals surface area contributed by atoms with Gasteiger partial charge in [-0.2, -0.15) is 4.31 Å². The summed E-state index contributed by atoms with van der Waals surface area (Å²) >= 11 is 0. The molecule has 1 aliphatic rings. The van der Waals surface area contributed by atoms with Gasteiger partial charge in [-0.1, -0.05) is 12.1 Å². The molecule has 0 atom stereocenters. The molecule has 0 radical (unpaired) electrons. The summed E-state index contributed by atoms with van der Waals surface area (Å²) in [5.74, 6) is -0.754. The molecule has 2 N–H and O–H groups in total. The number of ether oxygens (including phenoxy) is 1. The van der Waals surface area contributed by atoms with E-state index < -0.39 is 16.1 Å². The maximum absolute atomic E-state index is 13.0. The van der Waals surface area contributed by atoms with Gasteiger partial charge in [0.05, 0.1) is 12.0 Å². The smallest absolute Gasteiger partial charge is 0.411 e. The van der Waals surface area contributed by atoms with Crippen LogP contribution in [0.5, 0.6) is 0 Å². The van der Waals surface area contributed by atoms with Gasteiger partial charge in [-0.25, -0.2) is 17.6 Å². The molecule has 1 saturated heterocycles. The van der Waals surface area contributed by atoms with E-state index in [1.54, 1.807) is 12.1 Å². The van der Waals surface area contributed by atoms with Crippen LogP contribution in [0.3, 0.4) is 0 Å². The number of sulfonamides is 1. The number of methoxy groups -OCH3 is 1. The number of benzene rings is 2. The second kappa shape index (κ2) is 9.88.